The molecule has 13 nitrogen and oxygen atoms in total. The van der Waals surface area contributed by atoms with Gasteiger partial charge in [0.15, 0.2) is 46.0 Å². The molecule has 4 aromatic carbocycles. The Morgan fingerprint density at radius 1 is 0.447 bits per heavy atom. The number of ether oxygens (including phenoxy) is 5. The molecule has 0 radical (unpaired) electrons. The van der Waals surface area contributed by atoms with Crippen LogP contribution in [0.4, 0.5) is 22.7 Å². The van der Waals surface area contributed by atoms with E-state index in [1.807, 2.05) is 0 Å². The first-order valence-corrected chi connectivity index (χ1v) is 15.0. The first-order chi connectivity index (χ1) is 22.7. The van der Waals surface area contributed by atoms with Crippen LogP contribution in [-0.2, 0) is 4.74 Å². The molecule has 0 aromatic heterocycles. The van der Waals surface area contributed by atoms with E-state index in [0.29, 0.717) is 22.7 Å². The molecule has 13 heteroatoms. The molecule has 0 bridgehead atoms. The quantitative estimate of drug-likeness (QED) is 0.0484. The number of hydrogen-bond acceptors (Lipinski definition) is 13. The van der Waals surface area contributed by atoms with E-state index >= 15 is 0 Å². The van der Waals surface area contributed by atoms with Gasteiger partial charge in [0.1, 0.15) is 0 Å². The van der Waals surface area contributed by atoms with Crippen molar-refractivity contribution >= 4 is 22.7 Å². The molecule has 8 N–H and O–H groups in total. The van der Waals surface area contributed by atoms with E-state index in [-0.39, 0.29) is 72.1 Å². The Morgan fingerprint density at radius 2 is 0.702 bits per heavy atom. The Balaban J connectivity index is 1.43. The van der Waals surface area contributed by atoms with Crippen LogP contribution in [0.1, 0.15) is 12.8 Å². The smallest absolute Gasteiger partial charge is 0.243 e. The number of nitrogens with one attached hydrogen (secondary N) is 4. The minimum absolute atomic E-state index is 0.0877. The second-order valence-corrected chi connectivity index (χ2v) is 10.3. The van der Waals surface area contributed by atoms with Crippen LogP contribution in [-0.4, -0.2) is 74.4 Å². The van der Waals surface area contributed by atoms with Crippen molar-refractivity contribution in [1.82, 2.24) is 0 Å². The van der Waals surface area contributed by atoms with Gasteiger partial charge in [-0.05, 0) is 48.5 Å². The van der Waals surface area contributed by atoms with Crippen LogP contribution in [0.2, 0.25) is 0 Å². The van der Waals surface area contributed by atoms with Gasteiger partial charge in [-0.2, -0.15) is 0 Å². The standard InChI is InChI=1S/C34H42N4O9/c1-35-21-5-9-29(25(39)17-21)44-33(45-30-10-6-22(36-2)18-26(30)40)13-15-43-16-14-34(46-31-11-7-23(37-3)19-27(31)41)47-32-12-8-24(38-4)20-28(32)42/h5-12,17-20,33-42H,13-16H2,1-4H3. The van der Waals surface area contributed by atoms with Crippen LogP contribution in [0.5, 0.6) is 46.0 Å². The molecule has 0 unspecified atom stereocenters. The van der Waals surface area contributed by atoms with Crippen molar-refractivity contribution in [3.63, 3.8) is 0 Å². The van der Waals surface area contributed by atoms with Crippen molar-refractivity contribution in [3.05, 3.63) is 72.8 Å². The predicted octanol–water partition coefficient (Wildman–Crippen LogP) is 5.74. The summed E-state index contributed by atoms with van der Waals surface area (Å²) >= 11 is 0. The topological polar surface area (TPSA) is 175 Å². The summed E-state index contributed by atoms with van der Waals surface area (Å²) in [5, 5.41) is 53.8. The largest absolute Gasteiger partial charge is 0.504 e. The van der Waals surface area contributed by atoms with Crippen molar-refractivity contribution in [1.29, 1.82) is 0 Å². The first kappa shape index (κ1) is 34.3. The molecule has 47 heavy (non-hydrogen) atoms. The maximum atomic E-state index is 10.5. The molecule has 0 spiro atoms. The van der Waals surface area contributed by atoms with Crippen LogP contribution in [0.25, 0.3) is 0 Å². The Kier molecular flexibility index (Phi) is 12.2. The summed E-state index contributed by atoms with van der Waals surface area (Å²) in [5.41, 5.74) is 2.81. The highest BCUT2D eigenvalue weighted by Gasteiger charge is 2.20. The van der Waals surface area contributed by atoms with Crippen LogP contribution in [0, 0.1) is 0 Å². The minimum Gasteiger partial charge on any atom is -0.504 e. The highest BCUT2D eigenvalue weighted by atomic mass is 16.7. The molecule has 0 aliphatic carbocycles. The number of rotatable bonds is 18. The summed E-state index contributed by atoms with van der Waals surface area (Å²) in [5.74, 6) is 0.410. The number of aromatic hydroxyl groups is 4. The normalized spacial score (nSPS) is 10.9. The van der Waals surface area contributed by atoms with Gasteiger partial charge in [-0.1, -0.05) is 0 Å². The Bertz CT molecular complexity index is 1380. The van der Waals surface area contributed by atoms with E-state index in [9.17, 15) is 20.4 Å². The SMILES string of the molecule is CNc1ccc(OC(CCOCCC(Oc2ccc(NC)cc2O)Oc2ccc(NC)cc2O)Oc2ccc(NC)cc2O)c(O)c1. The lowest BCUT2D eigenvalue weighted by atomic mass is 10.2. The van der Waals surface area contributed by atoms with Gasteiger partial charge in [0, 0.05) is 88.0 Å². The van der Waals surface area contributed by atoms with E-state index in [1.165, 1.54) is 24.3 Å². The summed E-state index contributed by atoms with van der Waals surface area (Å²) in [7, 11) is 6.95. The molecule has 0 aliphatic heterocycles. The summed E-state index contributed by atoms with van der Waals surface area (Å²) in [6, 6.07) is 19.5. The number of phenols is 4. The molecule has 0 amide bonds. The van der Waals surface area contributed by atoms with Gasteiger partial charge in [0.25, 0.3) is 0 Å². The third-order valence-corrected chi connectivity index (χ3v) is 7.02. The summed E-state index contributed by atoms with van der Waals surface area (Å²) in [6.45, 7) is 0.318. The third-order valence-electron chi connectivity index (χ3n) is 7.02. The lowest BCUT2D eigenvalue weighted by Crippen LogP contribution is -2.28. The van der Waals surface area contributed by atoms with Gasteiger partial charge in [-0.15, -0.1) is 0 Å². The van der Waals surface area contributed by atoms with Gasteiger partial charge in [-0.25, -0.2) is 0 Å². The molecule has 0 atom stereocenters. The van der Waals surface area contributed by atoms with E-state index < -0.39 is 12.6 Å². The van der Waals surface area contributed by atoms with Gasteiger partial charge in [-0.3, -0.25) is 0 Å². The summed E-state index contributed by atoms with van der Waals surface area (Å²) < 4.78 is 29.9. The Hall–Kier alpha value is -5.56. The molecule has 4 aromatic rings. The fraction of sp³-hybridized carbons (Fsp3) is 0.294. The monoisotopic (exact) mass is 650 g/mol. The average Bonchev–Trinajstić information content (AvgIpc) is 3.07. The van der Waals surface area contributed by atoms with Crippen molar-refractivity contribution in [2.45, 2.75) is 25.4 Å². The molecule has 0 heterocycles. The van der Waals surface area contributed by atoms with Gasteiger partial charge < -0.3 is 65.4 Å². The lowest BCUT2D eigenvalue weighted by molar-refractivity contribution is -0.0432. The van der Waals surface area contributed by atoms with E-state index in [2.05, 4.69) is 21.3 Å². The second-order valence-electron chi connectivity index (χ2n) is 10.3. The van der Waals surface area contributed by atoms with E-state index in [0.717, 1.165) is 0 Å². The maximum Gasteiger partial charge on any atom is 0.243 e. The van der Waals surface area contributed by atoms with Crippen molar-refractivity contribution in [2.24, 2.45) is 0 Å². The lowest BCUT2D eigenvalue weighted by Gasteiger charge is -2.23. The van der Waals surface area contributed by atoms with Gasteiger partial charge in [0.2, 0.25) is 12.6 Å². The van der Waals surface area contributed by atoms with Gasteiger partial charge in [0.05, 0.1) is 13.2 Å². The highest BCUT2D eigenvalue weighted by Crippen LogP contribution is 2.35. The van der Waals surface area contributed by atoms with Crippen molar-refractivity contribution in [3.8, 4) is 46.0 Å². The van der Waals surface area contributed by atoms with Crippen LogP contribution in [0.15, 0.2) is 72.8 Å². The maximum absolute atomic E-state index is 10.5. The predicted molar refractivity (Wildman–Crippen MR) is 181 cm³/mol. The third kappa shape index (κ3) is 9.71. The Morgan fingerprint density at radius 3 is 0.915 bits per heavy atom. The van der Waals surface area contributed by atoms with Gasteiger partial charge >= 0.3 is 0 Å². The zero-order chi connectivity index (χ0) is 33.8. The zero-order valence-corrected chi connectivity index (χ0v) is 26.7. The zero-order valence-electron chi connectivity index (χ0n) is 26.7. The fourth-order valence-electron chi connectivity index (χ4n) is 4.40. The molecular weight excluding hydrogens is 608 g/mol. The van der Waals surface area contributed by atoms with E-state index in [1.54, 1.807) is 76.7 Å². The molecule has 0 saturated heterocycles. The Labute approximate surface area is 273 Å². The molecule has 0 saturated carbocycles. The van der Waals surface area contributed by atoms with Crippen LogP contribution in [0.3, 0.4) is 0 Å². The van der Waals surface area contributed by atoms with E-state index in [4.69, 9.17) is 23.7 Å². The molecular formula is C34H42N4O9. The number of anilines is 4. The minimum atomic E-state index is -0.943. The van der Waals surface area contributed by atoms with Crippen molar-refractivity contribution in [2.75, 3.05) is 62.7 Å². The fourth-order valence-corrected chi connectivity index (χ4v) is 4.40. The number of hydrogen-bond donors (Lipinski definition) is 8. The van der Waals surface area contributed by atoms with Crippen LogP contribution >= 0.6 is 0 Å². The highest BCUT2D eigenvalue weighted by molar-refractivity contribution is 5.56. The molecule has 252 valence electrons. The summed E-state index contributed by atoms with van der Waals surface area (Å²) in [6.07, 6.45) is -1.46. The molecule has 0 aliphatic rings. The van der Waals surface area contributed by atoms with Crippen LogP contribution < -0.4 is 40.2 Å². The van der Waals surface area contributed by atoms with Crippen molar-refractivity contribution < 1.29 is 44.1 Å². The summed E-state index contributed by atoms with van der Waals surface area (Å²) in [4.78, 5) is 0. The molecule has 4 rings (SSSR count). The number of benzene rings is 4. The first-order valence-electron chi connectivity index (χ1n) is 15.0. The average molecular weight is 651 g/mol. The number of phenolic OH excluding ortho intramolecular Hbond substituents is 4. The molecule has 0 fully saturated rings. The second kappa shape index (κ2) is 16.7.